The molecular weight excluding hydrogens is 1050 g/mol. The molecule has 79 heavy (non-hydrogen) atoms. The average molecular weight is 1120 g/mol. The van der Waals surface area contributed by atoms with Gasteiger partial charge in [-0.3, -0.25) is 62.5 Å². The Labute approximate surface area is 451 Å². The van der Waals surface area contributed by atoms with Crippen LogP contribution in [0.1, 0.15) is 70.8 Å². The number of amides is 12. The van der Waals surface area contributed by atoms with E-state index in [2.05, 4.69) is 47.5 Å². The fourth-order valence-electron chi connectivity index (χ4n) is 7.67. The number of phenolic OH excluding ortho intramolecular Hbond substituents is 1. The number of hydrogen-bond acceptors (Lipinski definition) is 18. The molecule has 1 aliphatic heterocycles. The van der Waals surface area contributed by atoms with Crippen LogP contribution in [0.15, 0.2) is 29.3 Å². The van der Waals surface area contributed by atoms with Crippen LogP contribution in [0.3, 0.4) is 0 Å². The fourth-order valence-corrected chi connectivity index (χ4v) is 7.67. The van der Waals surface area contributed by atoms with Gasteiger partial charge in [-0.1, -0.05) is 26.0 Å². The molecule has 0 saturated carbocycles. The lowest BCUT2D eigenvalue weighted by molar-refractivity contribution is -0.143. The first-order valence-corrected chi connectivity index (χ1v) is 24.7. The number of nitrogens with zero attached hydrogens (tertiary/aromatic N) is 2. The van der Waals surface area contributed by atoms with Crippen molar-refractivity contribution in [3.63, 3.8) is 0 Å². The number of aromatic hydroxyl groups is 1. The number of aliphatic hydroxyl groups excluding tert-OH is 2. The Hall–Kier alpha value is -8.72. The topological polar surface area (TPSA) is 571 Å². The molecule has 1 fully saturated rings. The molecule has 1 heterocycles. The smallest absolute Gasteiger partial charge is 0.326 e. The molecule has 0 spiro atoms. The van der Waals surface area contributed by atoms with Crippen molar-refractivity contribution in [1.29, 1.82) is 0 Å². The maximum Gasteiger partial charge on any atom is 0.326 e. The second-order valence-electron chi connectivity index (χ2n) is 18.5. The number of benzene rings is 1. The normalized spacial score (nSPS) is 15.9. The van der Waals surface area contributed by atoms with Crippen molar-refractivity contribution in [1.82, 2.24) is 47.4 Å². The number of nitrogens with two attached hydrogens (primary N) is 6. The highest BCUT2D eigenvalue weighted by Gasteiger charge is 2.40. The first-order valence-electron chi connectivity index (χ1n) is 24.7. The number of aliphatic hydroxyl groups is 2. The zero-order valence-corrected chi connectivity index (χ0v) is 43.4. The predicted octanol–water partition coefficient (Wildman–Crippen LogP) is -9.44. The predicted molar refractivity (Wildman–Crippen MR) is 274 cm³/mol. The van der Waals surface area contributed by atoms with Crippen LogP contribution in [0, 0.1) is 5.92 Å². The summed E-state index contributed by atoms with van der Waals surface area (Å²) in [4.78, 5) is 174. The highest BCUT2D eigenvalue weighted by molar-refractivity contribution is 6.00. The van der Waals surface area contributed by atoms with Gasteiger partial charge in [0, 0.05) is 19.5 Å². The zero-order valence-electron chi connectivity index (χ0n) is 43.4. The summed E-state index contributed by atoms with van der Waals surface area (Å²) >= 11 is 0. The molecule has 0 unspecified atom stereocenters. The lowest BCUT2D eigenvalue weighted by Crippen LogP contribution is -2.61. The van der Waals surface area contributed by atoms with Crippen molar-refractivity contribution in [2.75, 3.05) is 32.8 Å². The molecule has 1 aromatic rings. The average Bonchev–Trinajstić information content (AvgIpc) is 3.87. The van der Waals surface area contributed by atoms with Gasteiger partial charge < -0.3 is 102 Å². The van der Waals surface area contributed by atoms with Gasteiger partial charge in [-0.15, -0.1) is 0 Å². The molecule has 1 saturated heterocycles. The highest BCUT2D eigenvalue weighted by Crippen LogP contribution is 2.21. The highest BCUT2D eigenvalue weighted by atomic mass is 16.4. The molecule has 1 aromatic carbocycles. The monoisotopic (exact) mass is 1120 g/mol. The van der Waals surface area contributed by atoms with Crippen molar-refractivity contribution < 1.29 is 82.8 Å². The quantitative estimate of drug-likeness (QED) is 0.0173. The lowest BCUT2D eigenvalue weighted by atomic mass is 10.0. The van der Waals surface area contributed by atoms with Crippen LogP contribution in [-0.4, -0.2) is 195 Å². The number of hydrogen-bond donors (Lipinski definition) is 18. The molecule has 0 bridgehead atoms. The SMILES string of the molecule is CC(C)[C@H](NC(=O)CNC(=O)[C@H](CO)NC(=O)[C@@H]1CCCN1C(=O)[C@H](CCCN=C(N)N)NC(=O)[C@H](CCC(N)=O)NC(=O)[C@H](CC(N)=O)NC(=O)[C@H](CC(N)=O)NC(=O)[C@H](CO)NC(=O)[C@@H](N)Cc1ccc(O)cc1)C(=O)O. The summed E-state index contributed by atoms with van der Waals surface area (Å²) < 4.78 is 0. The molecule has 9 atom stereocenters. The van der Waals surface area contributed by atoms with E-state index in [-0.39, 0.29) is 56.9 Å². The first kappa shape index (κ1) is 66.4. The van der Waals surface area contributed by atoms with E-state index in [0.717, 1.165) is 4.90 Å². The molecule has 33 nitrogen and oxygen atoms in total. The van der Waals surface area contributed by atoms with E-state index >= 15 is 0 Å². The van der Waals surface area contributed by atoms with E-state index in [1.165, 1.54) is 24.3 Å². The molecule has 24 N–H and O–H groups in total. The molecule has 0 radical (unpaired) electrons. The van der Waals surface area contributed by atoms with Gasteiger partial charge in [0.2, 0.25) is 70.9 Å². The molecule has 0 aromatic heterocycles. The maximum absolute atomic E-state index is 14.3. The summed E-state index contributed by atoms with van der Waals surface area (Å²) in [6.07, 6.45) is -3.14. The summed E-state index contributed by atoms with van der Waals surface area (Å²) in [7, 11) is 0. The van der Waals surface area contributed by atoms with Gasteiger partial charge in [0.05, 0.1) is 38.6 Å². The van der Waals surface area contributed by atoms with Crippen LogP contribution in [0.4, 0.5) is 0 Å². The number of carboxylic acid groups (broad SMARTS) is 1. The number of guanidine groups is 1. The standard InChI is InChI=1S/C46H72N16O17/c1-21(2)36(45(78)79)61-35(69)18-54-38(71)29(19-63)60-43(76)31-6-4-14-62(31)44(77)26(5-3-13-53-46(51)52)56-39(72)25(11-12-32(48)66)55-40(73)27(16-33(49)67)57-41(74)28(17-34(50)68)58-42(75)30(20-64)59-37(70)24(47)15-22-7-9-23(65)10-8-22/h7-10,21,24-31,36,63-65H,3-6,11-20,47H2,1-2H3,(H2,48,66)(H2,49,67)(H2,50,68)(H,54,71)(H,55,73)(H,56,72)(H,57,74)(H,58,75)(H,59,70)(H,60,76)(H,61,69)(H,78,79)(H4,51,52,53)/t24-,25-,26-,27-,28-,29-,30-,31-,36-/m0/s1. The van der Waals surface area contributed by atoms with Gasteiger partial charge in [0.15, 0.2) is 5.96 Å². The molecule has 33 heteroatoms. The summed E-state index contributed by atoms with van der Waals surface area (Å²) in [5.41, 5.74) is 33.5. The number of phenols is 1. The van der Waals surface area contributed by atoms with Crippen molar-refractivity contribution in [3.8, 4) is 5.75 Å². The summed E-state index contributed by atoms with van der Waals surface area (Å²) in [5, 5.41) is 56.8. The molecule has 2 rings (SSSR count). The third-order valence-electron chi connectivity index (χ3n) is 11.8. The number of primary amides is 3. The number of carboxylic acids is 1. The fraction of sp³-hybridized carbons (Fsp3) is 0.565. The van der Waals surface area contributed by atoms with Crippen molar-refractivity contribution >= 4 is 82.8 Å². The van der Waals surface area contributed by atoms with E-state index in [1.54, 1.807) is 13.8 Å². The van der Waals surface area contributed by atoms with Gasteiger partial charge in [0.25, 0.3) is 0 Å². The van der Waals surface area contributed by atoms with Gasteiger partial charge in [0.1, 0.15) is 54.1 Å². The number of likely N-dealkylation sites (tertiary alicyclic amines) is 1. The Balaban J connectivity index is 2.35. The van der Waals surface area contributed by atoms with Gasteiger partial charge >= 0.3 is 5.97 Å². The minimum absolute atomic E-state index is 0.0119. The van der Waals surface area contributed by atoms with Crippen LogP contribution >= 0.6 is 0 Å². The van der Waals surface area contributed by atoms with E-state index in [9.17, 15) is 82.8 Å². The van der Waals surface area contributed by atoms with Crippen LogP contribution in [0.2, 0.25) is 0 Å². The maximum atomic E-state index is 14.3. The van der Waals surface area contributed by atoms with E-state index < -0.39 is 183 Å². The second kappa shape index (κ2) is 32.8. The van der Waals surface area contributed by atoms with Crippen LogP contribution in [0.5, 0.6) is 5.75 Å². The molecule has 12 amide bonds. The van der Waals surface area contributed by atoms with E-state index in [1.807, 2.05) is 0 Å². The minimum Gasteiger partial charge on any atom is -0.508 e. The van der Waals surface area contributed by atoms with E-state index in [0.29, 0.717) is 5.56 Å². The summed E-state index contributed by atoms with van der Waals surface area (Å²) in [6, 6.07) is -8.92. The Morgan fingerprint density at radius 2 is 1.15 bits per heavy atom. The Bertz CT molecular complexity index is 2400. The van der Waals surface area contributed by atoms with Crippen molar-refractivity contribution in [3.05, 3.63) is 29.8 Å². The van der Waals surface area contributed by atoms with Crippen molar-refractivity contribution in [2.24, 2.45) is 45.3 Å². The molecular formula is C46H72N16O17. The molecule has 438 valence electrons. The Kier molecular flexibility index (Phi) is 27.5. The number of carbonyl (C=O) groups excluding carboxylic acids is 12. The third kappa shape index (κ3) is 23.2. The first-order chi connectivity index (χ1) is 37.1. The largest absolute Gasteiger partial charge is 0.508 e. The zero-order chi connectivity index (χ0) is 59.7. The number of aliphatic imine (C=N–C) groups is 1. The van der Waals surface area contributed by atoms with Crippen LogP contribution in [0.25, 0.3) is 0 Å². The Morgan fingerprint density at radius 3 is 1.66 bits per heavy atom. The second-order valence-corrected chi connectivity index (χ2v) is 18.5. The van der Waals surface area contributed by atoms with E-state index in [4.69, 9.17) is 34.4 Å². The Morgan fingerprint density at radius 1 is 0.646 bits per heavy atom. The number of aliphatic carboxylic acids is 1. The van der Waals surface area contributed by atoms with Crippen LogP contribution < -0.4 is 76.9 Å². The lowest BCUT2D eigenvalue weighted by Gasteiger charge is -2.31. The van der Waals surface area contributed by atoms with Crippen LogP contribution in [-0.2, 0) is 68.7 Å². The number of rotatable bonds is 34. The van der Waals surface area contributed by atoms with Gasteiger partial charge in [-0.05, 0) is 62.1 Å². The summed E-state index contributed by atoms with van der Waals surface area (Å²) in [6.45, 7) is 0.168. The molecule has 0 aliphatic carbocycles. The minimum atomic E-state index is -2.00. The van der Waals surface area contributed by atoms with Gasteiger partial charge in [-0.25, -0.2) is 4.79 Å². The molecule has 1 aliphatic rings. The number of carbonyl (C=O) groups is 13. The van der Waals surface area contributed by atoms with Gasteiger partial charge in [-0.2, -0.15) is 0 Å². The number of nitrogens with one attached hydrogen (secondary N) is 8. The van der Waals surface area contributed by atoms with Crippen molar-refractivity contribution in [2.45, 2.75) is 126 Å². The summed E-state index contributed by atoms with van der Waals surface area (Å²) in [5.74, 6) is -15.3. The third-order valence-corrected chi connectivity index (χ3v) is 11.8.